The van der Waals surface area contributed by atoms with Gasteiger partial charge < -0.3 is 9.30 Å². The third-order valence-electron chi connectivity index (χ3n) is 5.30. The van der Waals surface area contributed by atoms with Gasteiger partial charge in [-0.2, -0.15) is 10.1 Å². The first-order chi connectivity index (χ1) is 15.5. The maximum absolute atomic E-state index is 12.6. The van der Waals surface area contributed by atoms with Gasteiger partial charge in [-0.3, -0.25) is 14.3 Å². The molecule has 0 amide bonds. The number of H-pyrrole nitrogens is 1. The number of unbranched alkanes of at least 4 members (excludes halogenated alkanes) is 5. The normalized spacial score (nSPS) is 11.5. The molecule has 0 saturated heterocycles. The monoisotopic (exact) mass is 504 g/mol. The van der Waals surface area contributed by atoms with Gasteiger partial charge in [0.2, 0.25) is 5.95 Å². The van der Waals surface area contributed by atoms with Crippen molar-refractivity contribution in [1.29, 1.82) is 0 Å². The van der Waals surface area contributed by atoms with E-state index in [1.165, 1.54) is 23.8 Å². The van der Waals surface area contributed by atoms with Gasteiger partial charge in [0.25, 0.3) is 5.56 Å². The van der Waals surface area contributed by atoms with Crippen LogP contribution < -0.4 is 21.4 Å². The van der Waals surface area contributed by atoms with Crippen molar-refractivity contribution in [2.75, 3.05) is 12.5 Å². The fourth-order valence-corrected chi connectivity index (χ4v) is 3.93. The summed E-state index contributed by atoms with van der Waals surface area (Å²) < 4.78 is 9.40. The third kappa shape index (κ3) is 5.48. The van der Waals surface area contributed by atoms with Gasteiger partial charge in [-0.1, -0.05) is 55.0 Å². The third-order valence-corrected chi connectivity index (χ3v) is 5.80. The minimum absolute atomic E-state index is 0.322. The topological polar surface area (TPSA) is 106 Å². The van der Waals surface area contributed by atoms with E-state index in [4.69, 9.17) is 4.74 Å². The summed E-state index contributed by atoms with van der Waals surface area (Å²) in [5, 5.41) is 4.31. The summed E-state index contributed by atoms with van der Waals surface area (Å²) in [4.78, 5) is 31.4. The number of ether oxygens (including phenoxy) is 1. The first kappa shape index (κ1) is 23.8. The van der Waals surface area contributed by atoms with Crippen molar-refractivity contribution >= 4 is 39.3 Å². The highest BCUT2D eigenvalue weighted by Gasteiger charge is 2.17. The molecular formula is C22H29BrN6O3. The molecule has 0 aliphatic rings. The lowest BCUT2D eigenvalue weighted by Crippen LogP contribution is -2.29. The molecule has 3 aromatic rings. The van der Waals surface area contributed by atoms with Crippen LogP contribution in [0, 0.1) is 0 Å². The van der Waals surface area contributed by atoms with Crippen LogP contribution in [0.5, 0.6) is 5.75 Å². The largest absolute Gasteiger partial charge is 0.496 e. The molecule has 0 aliphatic heterocycles. The van der Waals surface area contributed by atoms with Crippen LogP contribution in [0.25, 0.3) is 11.2 Å². The van der Waals surface area contributed by atoms with Gasteiger partial charge in [-0.05, 0) is 24.6 Å². The summed E-state index contributed by atoms with van der Waals surface area (Å²) >= 11 is 3.45. The van der Waals surface area contributed by atoms with Crippen molar-refractivity contribution in [3.05, 3.63) is 49.1 Å². The number of nitrogens with one attached hydrogen (secondary N) is 2. The van der Waals surface area contributed by atoms with E-state index in [9.17, 15) is 9.59 Å². The number of rotatable bonds is 11. The highest BCUT2D eigenvalue weighted by molar-refractivity contribution is 9.10. The molecule has 10 heteroatoms. The number of anilines is 1. The summed E-state index contributed by atoms with van der Waals surface area (Å²) in [7, 11) is 3.18. The Bertz CT molecular complexity index is 1210. The minimum atomic E-state index is -0.499. The number of fused-ring (bicyclic) bond motifs is 1. The van der Waals surface area contributed by atoms with Gasteiger partial charge in [0.1, 0.15) is 5.75 Å². The number of imidazole rings is 1. The predicted octanol–water partition coefficient (Wildman–Crippen LogP) is 4.00. The first-order valence-corrected chi connectivity index (χ1v) is 11.6. The SMILES string of the molecule is CCCCCCCCn1c(N/N=C\c2cc(Br)ccc2OC)nc2c1c(=O)[nH]c(=O)n2C. The molecule has 0 atom stereocenters. The summed E-state index contributed by atoms with van der Waals surface area (Å²) in [6.45, 7) is 2.79. The second kappa shape index (κ2) is 11.1. The Morgan fingerprint density at radius 1 is 1.22 bits per heavy atom. The zero-order valence-corrected chi connectivity index (χ0v) is 20.2. The number of hydrazone groups is 1. The Balaban J connectivity index is 1.89. The van der Waals surface area contributed by atoms with Gasteiger partial charge >= 0.3 is 5.69 Å². The molecule has 3 rings (SSSR count). The summed E-state index contributed by atoms with van der Waals surface area (Å²) in [6.07, 6.45) is 8.37. The summed E-state index contributed by atoms with van der Waals surface area (Å²) in [5.41, 5.74) is 3.45. The molecular weight excluding hydrogens is 476 g/mol. The molecule has 2 heterocycles. The molecule has 0 bridgehead atoms. The van der Waals surface area contributed by atoms with Crippen molar-refractivity contribution in [2.45, 2.75) is 52.0 Å². The van der Waals surface area contributed by atoms with Crippen LogP contribution in [-0.2, 0) is 13.6 Å². The average Bonchev–Trinajstić information content (AvgIpc) is 3.14. The number of aromatic nitrogens is 4. The van der Waals surface area contributed by atoms with E-state index in [-0.39, 0.29) is 0 Å². The van der Waals surface area contributed by atoms with Gasteiger partial charge in [-0.15, -0.1) is 0 Å². The van der Waals surface area contributed by atoms with Crippen LogP contribution in [-0.4, -0.2) is 32.4 Å². The van der Waals surface area contributed by atoms with Crippen LogP contribution in [0.4, 0.5) is 5.95 Å². The molecule has 0 radical (unpaired) electrons. The standard InChI is InChI=1S/C22H29BrN6O3/c1-4-5-6-7-8-9-12-29-18-19(28(2)22(31)26-20(18)30)25-21(29)27-24-14-15-13-16(23)10-11-17(15)32-3/h10-11,13-14H,4-9,12H2,1-3H3,(H,25,27)(H,26,30,31)/b24-14-. The number of halogens is 1. The van der Waals surface area contributed by atoms with E-state index >= 15 is 0 Å². The number of hydrogen-bond acceptors (Lipinski definition) is 6. The second-order valence-electron chi connectivity index (χ2n) is 7.60. The number of aromatic amines is 1. The minimum Gasteiger partial charge on any atom is -0.496 e. The number of benzene rings is 1. The Kier molecular flexibility index (Phi) is 8.26. The van der Waals surface area contributed by atoms with E-state index in [1.807, 2.05) is 18.2 Å². The van der Waals surface area contributed by atoms with Gasteiger partial charge in [0.15, 0.2) is 11.2 Å². The van der Waals surface area contributed by atoms with Crippen molar-refractivity contribution in [2.24, 2.45) is 12.1 Å². The van der Waals surface area contributed by atoms with Crippen LogP contribution in [0.3, 0.4) is 0 Å². The Morgan fingerprint density at radius 3 is 2.72 bits per heavy atom. The molecule has 1 aromatic carbocycles. The molecule has 32 heavy (non-hydrogen) atoms. The van der Waals surface area contributed by atoms with Crippen molar-refractivity contribution in [1.82, 2.24) is 19.1 Å². The van der Waals surface area contributed by atoms with Crippen LogP contribution in [0.15, 0.2) is 37.4 Å². The van der Waals surface area contributed by atoms with E-state index in [2.05, 4.69) is 43.3 Å². The Morgan fingerprint density at radius 2 is 1.97 bits per heavy atom. The highest BCUT2D eigenvalue weighted by atomic mass is 79.9. The molecule has 9 nitrogen and oxygen atoms in total. The molecule has 0 fully saturated rings. The molecule has 0 saturated carbocycles. The first-order valence-electron chi connectivity index (χ1n) is 10.8. The number of methoxy groups -OCH3 is 1. The fraction of sp³-hybridized carbons (Fsp3) is 0.455. The Labute approximate surface area is 194 Å². The number of aryl methyl sites for hydroxylation is 2. The molecule has 0 aliphatic carbocycles. The zero-order valence-electron chi connectivity index (χ0n) is 18.7. The van der Waals surface area contributed by atoms with E-state index < -0.39 is 11.2 Å². The number of hydrogen-bond donors (Lipinski definition) is 2. The maximum Gasteiger partial charge on any atom is 0.329 e. The number of nitrogens with zero attached hydrogens (tertiary/aromatic N) is 4. The lowest BCUT2D eigenvalue weighted by atomic mass is 10.1. The zero-order chi connectivity index (χ0) is 23.1. The second-order valence-corrected chi connectivity index (χ2v) is 8.52. The lowest BCUT2D eigenvalue weighted by Gasteiger charge is -2.08. The molecule has 172 valence electrons. The van der Waals surface area contributed by atoms with Crippen molar-refractivity contribution in [3.8, 4) is 5.75 Å². The molecule has 0 spiro atoms. The van der Waals surface area contributed by atoms with Crippen molar-refractivity contribution < 1.29 is 4.74 Å². The van der Waals surface area contributed by atoms with Crippen LogP contribution in [0.1, 0.15) is 51.0 Å². The molecule has 0 unspecified atom stereocenters. The van der Waals surface area contributed by atoms with Gasteiger partial charge in [-0.25, -0.2) is 10.2 Å². The Hall–Kier alpha value is -2.88. The van der Waals surface area contributed by atoms with E-state index in [0.717, 1.165) is 29.3 Å². The van der Waals surface area contributed by atoms with Crippen LogP contribution >= 0.6 is 15.9 Å². The lowest BCUT2D eigenvalue weighted by molar-refractivity contribution is 0.414. The highest BCUT2D eigenvalue weighted by Crippen LogP contribution is 2.22. The quantitative estimate of drug-likeness (QED) is 0.233. The summed E-state index contributed by atoms with van der Waals surface area (Å²) in [5.74, 6) is 1.09. The maximum atomic E-state index is 12.6. The average molecular weight is 505 g/mol. The van der Waals surface area contributed by atoms with Gasteiger partial charge in [0.05, 0.1) is 13.3 Å². The fourth-order valence-electron chi connectivity index (χ4n) is 3.55. The van der Waals surface area contributed by atoms with E-state index in [0.29, 0.717) is 29.4 Å². The molecule has 2 aromatic heterocycles. The smallest absolute Gasteiger partial charge is 0.329 e. The summed E-state index contributed by atoms with van der Waals surface area (Å²) in [6, 6.07) is 5.61. The van der Waals surface area contributed by atoms with Gasteiger partial charge in [0, 0.05) is 23.6 Å². The van der Waals surface area contributed by atoms with Crippen LogP contribution in [0.2, 0.25) is 0 Å². The van der Waals surface area contributed by atoms with Crippen molar-refractivity contribution in [3.63, 3.8) is 0 Å². The van der Waals surface area contributed by atoms with E-state index in [1.54, 1.807) is 24.9 Å². The predicted molar refractivity (Wildman–Crippen MR) is 131 cm³/mol. The molecule has 2 N–H and O–H groups in total.